The average molecular weight is 191 g/mol. The summed E-state index contributed by atoms with van der Waals surface area (Å²) in [4.78, 5) is 10.7. The van der Waals surface area contributed by atoms with Gasteiger partial charge in [0.15, 0.2) is 0 Å². The van der Waals surface area contributed by atoms with Crippen molar-refractivity contribution in [2.75, 3.05) is 34.0 Å². The number of carboxylic acid groups (broad SMARTS) is 1. The van der Waals surface area contributed by atoms with Gasteiger partial charge in [0.25, 0.3) is 0 Å². The molecule has 0 aromatic carbocycles. The summed E-state index contributed by atoms with van der Waals surface area (Å²) < 4.78 is 9.88. The molecule has 2 N–H and O–H groups in total. The molecule has 0 bridgehead atoms. The van der Waals surface area contributed by atoms with Gasteiger partial charge in [-0.25, -0.2) is 0 Å². The highest BCUT2D eigenvalue weighted by molar-refractivity contribution is 5.78. The summed E-state index contributed by atoms with van der Waals surface area (Å²) in [5, 5.41) is 11.5. The van der Waals surface area contributed by atoms with Gasteiger partial charge in [-0.3, -0.25) is 4.79 Å². The molecule has 0 aliphatic carbocycles. The van der Waals surface area contributed by atoms with Gasteiger partial charge in [-0.2, -0.15) is 0 Å². The Morgan fingerprint density at radius 1 is 1.54 bits per heavy atom. The van der Waals surface area contributed by atoms with Crippen LogP contribution in [-0.2, 0) is 14.3 Å². The van der Waals surface area contributed by atoms with E-state index in [4.69, 9.17) is 14.6 Å². The first-order valence-electron chi connectivity index (χ1n) is 4.06. The number of carboxylic acids is 1. The summed E-state index contributed by atoms with van der Waals surface area (Å²) in [5.41, 5.74) is -1.02. The molecule has 0 rings (SSSR count). The van der Waals surface area contributed by atoms with Crippen LogP contribution in [-0.4, -0.2) is 50.6 Å². The third-order valence-electron chi connectivity index (χ3n) is 1.85. The zero-order valence-corrected chi connectivity index (χ0v) is 8.29. The molecule has 5 heteroatoms. The van der Waals surface area contributed by atoms with E-state index in [0.717, 1.165) is 0 Å². The van der Waals surface area contributed by atoms with Crippen LogP contribution in [0.5, 0.6) is 0 Å². The molecule has 1 unspecified atom stereocenters. The molecular weight excluding hydrogens is 174 g/mol. The maximum atomic E-state index is 10.7. The van der Waals surface area contributed by atoms with Crippen LogP contribution in [0.1, 0.15) is 6.92 Å². The fourth-order valence-electron chi connectivity index (χ4n) is 0.659. The van der Waals surface area contributed by atoms with Crippen molar-refractivity contribution in [1.82, 2.24) is 5.32 Å². The highest BCUT2D eigenvalue weighted by atomic mass is 16.5. The number of ether oxygens (including phenoxy) is 2. The summed E-state index contributed by atoms with van der Waals surface area (Å²) in [6.07, 6.45) is 0. The molecule has 1 atom stereocenters. The molecule has 0 aromatic rings. The maximum absolute atomic E-state index is 10.7. The van der Waals surface area contributed by atoms with E-state index < -0.39 is 11.5 Å². The molecule has 0 spiro atoms. The lowest BCUT2D eigenvalue weighted by Crippen LogP contribution is -2.51. The Kier molecular flexibility index (Phi) is 5.61. The van der Waals surface area contributed by atoms with Crippen molar-refractivity contribution >= 4 is 5.97 Å². The van der Waals surface area contributed by atoms with E-state index in [2.05, 4.69) is 5.32 Å². The Hall–Kier alpha value is -0.650. The van der Waals surface area contributed by atoms with Crippen LogP contribution < -0.4 is 5.32 Å². The van der Waals surface area contributed by atoms with Crippen molar-refractivity contribution in [2.45, 2.75) is 12.5 Å². The van der Waals surface area contributed by atoms with Gasteiger partial charge in [-0.15, -0.1) is 0 Å². The maximum Gasteiger partial charge on any atom is 0.326 e. The van der Waals surface area contributed by atoms with Crippen molar-refractivity contribution in [2.24, 2.45) is 0 Å². The SMILES string of the molecule is CNC(C)(COCCOC)C(=O)O. The van der Waals surface area contributed by atoms with E-state index in [0.29, 0.717) is 13.2 Å². The van der Waals surface area contributed by atoms with E-state index >= 15 is 0 Å². The minimum atomic E-state index is -1.02. The molecule has 78 valence electrons. The van der Waals surface area contributed by atoms with E-state index in [1.165, 1.54) is 0 Å². The van der Waals surface area contributed by atoms with Gasteiger partial charge in [0.05, 0.1) is 19.8 Å². The molecular formula is C8H17NO4. The van der Waals surface area contributed by atoms with Crippen molar-refractivity contribution in [3.8, 4) is 0 Å². The number of carbonyl (C=O) groups is 1. The van der Waals surface area contributed by atoms with Gasteiger partial charge in [0.1, 0.15) is 5.54 Å². The summed E-state index contributed by atoms with van der Waals surface area (Å²) in [6, 6.07) is 0. The zero-order chi connectivity index (χ0) is 10.3. The minimum Gasteiger partial charge on any atom is -0.480 e. The summed E-state index contributed by atoms with van der Waals surface area (Å²) >= 11 is 0. The Morgan fingerprint density at radius 2 is 2.15 bits per heavy atom. The second-order valence-electron chi connectivity index (χ2n) is 2.93. The Balaban J connectivity index is 3.78. The Labute approximate surface area is 78.0 Å². The molecule has 0 amide bonds. The molecule has 0 fully saturated rings. The third kappa shape index (κ3) is 4.21. The first kappa shape index (κ1) is 12.3. The van der Waals surface area contributed by atoms with Gasteiger partial charge >= 0.3 is 5.97 Å². The summed E-state index contributed by atoms with van der Waals surface area (Å²) in [5.74, 6) is -0.924. The molecule has 0 aliphatic rings. The van der Waals surface area contributed by atoms with Crippen LogP contribution in [0.25, 0.3) is 0 Å². The van der Waals surface area contributed by atoms with Gasteiger partial charge in [0, 0.05) is 7.11 Å². The van der Waals surface area contributed by atoms with Crippen LogP contribution in [0.15, 0.2) is 0 Å². The van der Waals surface area contributed by atoms with Crippen molar-refractivity contribution in [1.29, 1.82) is 0 Å². The summed E-state index contributed by atoms with van der Waals surface area (Å²) in [7, 11) is 3.16. The van der Waals surface area contributed by atoms with Crippen LogP contribution in [0.2, 0.25) is 0 Å². The fraction of sp³-hybridized carbons (Fsp3) is 0.875. The molecule has 0 aliphatic heterocycles. The monoisotopic (exact) mass is 191 g/mol. The number of hydrogen-bond acceptors (Lipinski definition) is 4. The number of rotatable bonds is 7. The number of nitrogens with one attached hydrogen (secondary N) is 1. The van der Waals surface area contributed by atoms with Crippen molar-refractivity contribution in [3.63, 3.8) is 0 Å². The molecule has 0 aromatic heterocycles. The van der Waals surface area contributed by atoms with Gasteiger partial charge in [-0.1, -0.05) is 0 Å². The second-order valence-corrected chi connectivity index (χ2v) is 2.93. The molecule has 0 saturated heterocycles. The van der Waals surface area contributed by atoms with E-state index in [9.17, 15) is 4.79 Å². The smallest absolute Gasteiger partial charge is 0.326 e. The number of likely N-dealkylation sites (N-methyl/N-ethyl adjacent to an activating group) is 1. The number of hydrogen-bond donors (Lipinski definition) is 2. The predicted molar refractivity (Wildman–Crippen MR) is 47.8 cm³/mol. The van der Waals surface area contributed by atoms with Crippen molar-refractivity contribution in [3.05, 3.63) is 0 Å². The van der Waals surface area contributed by atoms with Crippen LogP contribution >= 0.6 is 0 Å². The van der Waals surface area contributed by atoms with Gasteiger partial charge in [-0.05, 0) is 14.0 Å². The van der Waals surface area contributed by atoms with Gasteiger partial charge in [0.2, 0.25) is 0 Å². The van der Waals surface area contributed by atoms with E-state index in [1.807, 2.05) is 0 Å². The van der Waals surface area contributed by atoms with E-state index in [-0.39, 0.29) is 6.61 Å². The van der Waals surface area contributed by atoms with Gasteiger partial charge < -0.3 is 19.9 Å². The lowest BCUT2D eigenvalue weighted by Gasteiger charge is -2.23. The lowest BCUT2D eigenvalue weighted by molar-refractivity contribution is -0.146. The molecule has 0 radical (unpaired) electrons. The first-order chi connectivity index (χ1) is 6.06. The molecule has 0 saturated carbocycles. The predicted octanol–water partition coefficient (Wildman–Crippen LogP) is -0.288. The molecule has 0 heterocycles. The Morgan fingerprint density at radius 3 is 2.54 bits per heavy atom. The average Bonchev–Trinajstić information content (AvgIpc) is 2.12. The minimum absolute atomic E-state index is 0.127. The van der Waals surface area contributed by atoms with E-state index in [1.54, 1.807) is 21.1 Å². The molecule has 13 heavy (non-hydrogen) atoms. The highest BCUT2D eigenvalue weighted by Gasteiger charge is 2.31. The highest BCUT2D eigenvalue weighted by Crippen LogP contribution is 2.03. The van der Waals surface area contributed by atoms with Crippen LogP contribution in [0, 0.1) is 0 Å². The second kappa shape index (κ2) is 5.90. The standard InChI is InChI=1S/C8H17NO4/c1-8(9-2,7(10)11)6-13-5-4-12-3/h9H,4-6H2,1-3H3,(H,10,11). The third-order valence-corrected chi connectivity index (χ3v) is 1.85. The van der Waals surface area contributed by atoms with Crippen LogP contribution in [0.4, 0.5) is 0 Å². The zero-order valence-electron chi connectivity index (χ0n) is 8.29. The number of methoxy groups -OCH3 is 1. The fourth-order valence-corrected chi connectivity index (χ4v) is 0.659. The Bertz CT molecular complexity index is 162. The summed E-state index contributed by atoms with van der Waals surface area (Å²) in [6.45, 7) is 2.57. The lowest BCUT2D eigenvalue weighted by atomic mass is 10.1. The number of aliphatic carboxylic acids is 1. The first-order valence-corrected chi connectivity index (χ1v) is 4.06. The quantitative estimate of drug-likeness (QED) is 0.541. The molecule has 5 nitrogen and oxygen atoms in total. The van der Waals surface area contributed by atoms with Crippen molar-refractivity contribution < 1.29 is 19.4 Å². The van der Waals surface area contributed by atoms with Crippen LogP contribution in [0.3, 0.4) is 0 Å². The topological polar surface area (TPSA) is 67.8 Å². The largest absolute Gasteiger partial charge is 0.480 e. The normalized spacial score (nSPS) is 15.3.